The van der Waals surface area contributed by atoms with Crippen LogP contribution in [0, 0.1) is 5.92 Å². The van der Waals surface area contributed by atoms with Crippen LogP contribution in [-0.2, 0) is 4.74 Å². The Morgan fingerprint density at radius 2 is 2.00 bits per heavy atom. The highest BCUT2D eigenvalue weighted by molar-refractivity contribution is 5.18. The normalized spacial score (nSPS) is 28.5. The first-order chi connectivity index (χ1) is 9.33. The summed E-state index contributed by atoms with van der Waals surface area (Å²) in [5.74, 6) is 1.31. The van der Waals surface area contributed by atoms with E-state index in [0.29, 0.717) is 17.9 Å². The summed E-state index contributed by atoms with van der Waals surface area (Å²) < 4.78 is 5.97. The molecular weight excluding hydrogens is 234 g/mol. The molecule has 104 valence electrons. The first-order valence-electron chi connectivity index (χ1n) is 7.73. The minimum atomic E-state index is 0.446. The fourth-order valence-corrected chi connectivity index (χ4v) is 3.06. The highest BCUT2D eigenvalue weighted by atomic mass is 16.5. The first-order valence-corrected chi connectivity index (χ1v) is 7.73. The van der Waals surface area contributed by atoms with Crippen molar-refractivity contribution in [1.82, 2.24) is 5.32 Å². The lowest BCUT2D eigenvalue weighted by molar-refractivity contribution is 0.0783. The van der Waals surface area contributed by atoms with E-state index in [-0.39, 0.29) is 0 Å². The third-order valence-electron chi connectivity index (χ3n) is 4.55. The zero-order valence-electron chi connectivity index (χ0n) is 11.8. The van der Waals surface area contributed by atoms with Crippen molar-refractivity contribution in [2.75, 3.05) is 13.2 Å². The molecule has 1 saturated heterocycles. The molecule has 3 atom stereocenters. The Balaban J connectivity index is 1.52. The molecular formula is C17H25NO. The summed E-state index contributed by atoms with van der Waals surface area (Å²) in [7, 11) is 0. The molecule has 0 amide bonds. The lowest BCUT2D eigenvalue weighted by Gasteiger charge is -2.22. The minimum absolute atomic E-state index is 0.446. The molecule has 2 fully saturated rings. The number of hydrogen-bond donors (Lipinski definition) is 1. The van der Waals surface area contributed by atoms with Crippen molar-refractivity contribution in [3.05, 3.63) is 35.9 Å². The smallest absolute Gasteiger partial charge is 0.0622 e. The quantitative estimate of drug-likeness (QED) is 0.846. The van der Waals surface area contributed by atoms with E-state index in [4.69, 9.17) is 4.74 Å². The van der Waals surface area contributed by atoms with Crippen LogP contribution in [0.15, 0.2) is 30.3 Å². The van der Waals surface area contributed by atoms with Crippen LogP contribution in [-0.4, -0.2) is 25.3 Å². The highest BCUT2D eigenvalue weighted by Gasteiger charge is 2.31. The van der Waals surface area contributed by atoms with Gasteiger partial charge in [-0.3, -0.25) is 0 Å². The zero-order chi connectivity index (χ0) is 13.1. The molecule has 0 radical (unpaired) electrons. The van der Waals surface area contributed by atoms with E-state index < -0.39 is 0 Å². The van der Waals surface area contributed by atoms with Crippen LogP contribution < -0.4 is 5.32 Å². The molecule has 3 unspecified atom stereocenters. The molecule has 3 rings (SSSR count). The highest BCUT2D eigenvalue weighted by Crippen LogP contribution is 2.31. The van der Waals surface area contributed by atoms with Gasteiger partial charge in [-0.1, -0.05) is 37.3 Å². The Morgan fingerprint density at radius 3 is 2.74 bits per heavy atom. The molecule has 19 heavy (non-hydrogen) atoms. The molecule has 1 saturated carbocycles. The largest absolute Gasteiger partial charge is 0.378 e. The molecule has 1 heterocycles. The van der Waals surface area contributed by atoms with Crippen LogP contribution in [0.25, 0.3) is 0 Å². The average molecular weight is 259 g/mol. The van der Waals surface area contributed by atoms with Gasteiger partial charge in [0.05, 0.1) is 6.10 Å². The third kappa shape index (κ3) is 3.58. The third-order valence-corrected chi connectivity index (χ3v) is 4.55. The maximum absolute atomic E-state index is 5.97. The van der Waals surface area contributed by atoms with Gasteiger partial charge in [-0.15, -0.1) is 0 Å². The van der Waals surface area contributed by atoms with Crippen molar-refractivity contribution < 1.29 is 4.74 Å². The van der Waals surface area contributed by atoms with Crippen LogP contribution in [0.5, 0.6) is 0 Å². The van der Waals surface area contributed by atoms with Crippen LogP contribution in [0.3, 0.4) is 0 Å². The fourth-order valence-electron chi connectivity index (χ4n) is 3.06. The van der Waals surface area contributed by atoms with E-state index >= 15 is 0 Å². The van der Waals surface area contributed by atoms with Gasteiger partial charge in [-0.05, 0) is 43.1 Å². The molecule has 1 aliphatic heterocycles. The molecule has 0 aromatic heterocycles. The average Bonchev–Trinajstić information content (AvgIpc) is 3.18. The van der Waals surface area contributed by atoms with Crippen molar-refractivity contribution >= 4 is 0 Å². The molecule has 1 aromatic carbocycles. The summed E-state index contributed by atoms with van der Waals surface area (Å²) in [5.41, 5.74) is 1.44. The second-order valence-corrected chi connectivity index (χ2v) is 6.19. The van der Waals surface area contributed by atoms with Crippen molar-refractivity contribution in [1.29, 1.82) is 0 Å². The van der Waals surface area contributed by atoms with Gasteiger partial charge < -0.3 is 10.1 Å². The first kappa shape index (κ1) is 13.1. The topological polar surface area (TPSA) is 21.3 Å². The van der Waals surface area contributed by atoms with E-state index in [0.717, 1.165) is 25.6 Å². The van der Waals surface area contributed by atoms with E-state index in [2.05, 4.69) is 42.6 Å². The Hall–Kier alpha value is -0.860. The van der Waals surface area contributed by atoms with Gasteiger partial charge in [0.2, 0.25) is 0 Å². The van der Waals surface area contributed by atoms with Crippen molar-refractivity contribution in [2.24, 2.45) is 5.92 Å². The van der Waals surface area contributed by atoms with Gasteiger partial charge in [-0.2, -0.15) is 0 Å². The molecule has 1 N–H and O–H groups in total. The second-order valence-electron chi connectivity index (χ2n) is 6.19. The maximum Gasteiger partial charge on any atom is 0.0622 e. The van der Waals surface area contributed by atoms with Gasteiger partial charge in [0, 0.05) is 19.2 Å². The molecule has 2 nitrogen and oxygen atoms in total. The number of ether oxygens (including phenoxy) is 1. The van der Waals surface area contributed by atoms with Crippen molar-refractivity contribution in [2.45, 2.75) is 50.7 Å². The predicted molar refractivity (Wildman–Crippen MR) is 78.3 cm³/mol. The lowest BCUT2D eigenvalue weighted by Crippen LogP contribution is -2.30. The SMILES string of the molecule is CC(CC1OCCC1CNC1CC1)c1ccccc1. The number of nitrogens with one attached hydrogen (secondary N) is 1. The van der Waals surface area contributed by atoms with Crippen LogP contribution in [0.1, 0.15) is 44.1 Å². The summed E-state index contributed by atoms with van der Waals surface area (Å²) in [6.45, 7) is 4.42. The Kier molecular flexibility index (Phi) is 4.19. The van der Waals surface area contributed by atoms with Gasteiger partial charge in [-0.25, -0.2) is 0 Å². The summed E-state index contributed by atoms with van der Waals surface area (Å²) >= 11 is 0. The molecule has 0 bridgehead atoms. The molecule has 1 aliphatic carbocycles. The van der Waals surface area contributed by atoms with Crippen LogP contribution in [0.4, 0.5) is 0 Å². The van der Waals surface area contributed by atoms with E-state index in [9.17, 15) is 0 Å². The molecule has 2 heteroatoms. The zero-order valence-corrected chi connectivity index (χ0v) is 11.8. The van der Waals surface area contributed by atoms with Crippen molar-refractivity contribution in [3.63, 3.8) is 0 Å². The Morgan fingerprint density at radius 1 is 1.21 bits per heavy atom. The van der Waals surface area contributed by atoms with E-state index in [1.807, 2.05) is 0 Å². The van der Waals surface area contributed by atoms with Crippen LogP contribution in [0.2, 0.25) is 0 Å². The Labute approximate surface area is 116 Å². The summed E-state index contributed by atoms with van der Waals surface area (Å²) in [4.78, 5) is 0. The Bertz CT molecular complexity index is 388. The lowest BCUT2D eigenvalue weighted by atomic mass is 9.89. The van der Waals surface area contributed by atoms with E-state index in [1.54, 1.807) is 0 Å². The number of rotatable bonds is 6. The number of hydrogen-bond acceptors (Lipinski definition) is 2. The maximum atomic E-state index is 5.97. The molecule has 1 aromatic rings. The van der Waals surface area contributed by atoms with Gasteiger partial charge in [0.25, 0.3) is 0 Å². The second kappa shape index (κ2) is 6.06. The summed E-state index contributed by atoms with van der Waals surface area (Å²) in [6, 6.07) is 11.6. The number of benzene rings is 1. The predicted octanol–water partition coefficient (Wildman–Crippen LogP) is 3.34. The summed E-state index contributed by atoms with van der Waals surface area (Å²) in [5, 5.41) is 3.66. The molecule has 2 aliphatic rings. The standard InChI is InChI=1S/C17H25NO/c1-13(14-5-3-2-4-6-14)11-17-15(9-10-19-17)12-18-16-7-8-16/h2-6,13,15-18H,7-12H2,1H3. The molecule has 0 spiro atoms. The summed E-state index contributed by atoms with van der Waals surface area (Å²) in [6.07, 6.45) is 5.58. The minimum Gasteiger partial charge on any atom is -0.378 e. The van der Waals surface area contributed by atoms with E-state index in [1.165, 1.54) is 24.8 Å². The van der Waals surface area contributed by atoms with Gasteiger partial charge in [0.15, 0.2) is 0 Å². The fraction of sp³-hybridized carbons (Fsp3) is 0.647. The van der Waals surface area contributed by atoms with Gasteiger partial charge >= 0.3 is 0 Å². The van der Waals surface area contributed by atoms with Crippen molar-refractivity contribution in [3.8, 4) is 0 Å². The van der Waals surface area contributed by atoms with Crippen LogP contribution >= 0.6 is 0 Å². The van der Waals surface area contributed by atoms with Gasteiger partial charge in [0.1, 0.15) is 0 Å². The monoisotopic (exact) mass is 259 g/mol.